The number of hydrogen-bond acceptors (Lipinski definition) is 2. The second-order valence-corrected chi connectivity index (χ2v) is 7.40. The number of nitrogens with zero attached hydrogens (tertiary/aromatic N) is 1. The Morgan fingerprint density at radius 1 is 1.30 bits per heavy atom. The van der Waals surface area contributed by atoms with Crippen LogP contribution in [0.1, 0.15) is 38.7 Å². The van der Waals surface area contributed by atoms with E-state index in [2.05, 4.69) is 66.0 Å². The van der Waals surface area contributed by atoms with Crippen LogP contribution in [0.4, 0.5) is 0 Å². The molecule has 0 aromatic heterocycles. The average Bonchev–Trinajstić information content (AvgIpc) is 2.44. The molecule has 2 N–H and O–H groups in total. The second kappa shape index (κ2) is 6.59. The Kier molecular flexibility index (Phi) is 5.27. The molecule has 0 bridgehead atoms. The predicted molar refractivity (Wildman–Crippen MR) is 89.6 cm³/mol. The molecule has 20 heavy (non-hydrogen) atoms. The Bertz CT molecular complexity index is 448. The lowest BCUT2D eigenvalue weighted by Crippen LogP contribution is -2.58. The van der Waals surface area contributed by atoms with Gasteiger partial charge in [-0.1, -0.05) is 54.4 Å². The van der Waals surface area contributed by atoms with Crippen LogP contribution in [0, 0.1) is 11.8 Å². The van der Waals surface area contributed by atoms with Gasteiger partial charge in [-0.15, -0.1) is 0 Å². The van der Waals surface area contributed by atoms with Crippen LogP contribution in [-0.4, -0.2) is 24.0 Å². The fourth-order valence-electron chi connectivity index (χ4n) is 3.72. The molecule has 3 heteroatoms. The molecule has 2 nitrogen and oxygen atoms in total. The first-order valence-corrected chi connectivity index (χ1v) is 8.43. The Morgan fingerprint density at radius 3 is 2.65 bits per heavy atom. The summed E-state index contributed by atoms with van der Waals surface area (Å²) >= 11 is 3.66. The molecule has 0 amide bonds. The first-order chi connectivity index (χ1) is 9.49. The molecule has 1 aliphatic rings. The SMILES string of the molecule is CC1CCC(C)C(CN)(N(C)Cc2ccccc2Br)C1. The van der Waals surface area contributed by atoms with E-state index in [-0.39, 0.29) is 5.54 Å². The fourth-order valence-corrected chi connectivity index (χ4v) is 4.13. The van der Waals surface area contributed by atoms with Crippen molar-refractivity contribution in [1.29, 1.82) is 0 Å². The van der Waals surface area contributed by atoms with E-state index in [9.17, 15) is 0 Å². The lowest BCUT2D eigenvalue weighted by molar-refractivity contribution is 0.00892. The van der Waals surface area contributed by atoms with E-state index >= 15 is 0 Å². The summed E-state index contributed by atoms with van der Waals surface area (Å²) in [5.74, 6) is 1.44. The highest BCUT2D eigenvalue weighted by Gasteiger charge is 2.42. The Balaban J connectivity index is 2.20. The van der Waals surface area contributed by atoms with Crippen LogP contribution in [0.2, 0.25) is 0 Å². The minimum absolute atomic E-state index is 0.146. The molecule has 1 aromatic carbocycles. The van der Waals surface area contributed by atoms with Crippen LogP contribution in [0.15, 0.2) is 28.7 Å². The van der Waals surface area contributed by atoms with Crippen molar-refractivity contribution < 1.29 is 0 Å². The topological polar surface area (TPSA) is 29.3 Å². The normalized spacial score (nSPS) is 30.7. The van der Waals surface area contributed by atoms with Crippen LogP contribution in [0.3, 0.4) is 0 Å². The van der Waals surface area contributed by atoms with Crippen molar-refractivity contribution in [3.63, 3.8) is 0 Å². The van der Waals surface area contributed by atoms with Gasteiger partial charge in [0, 0.05) is 23.1 Å². The van der Waals surface area contributed by atoms with Crippen LogP contribution in [0.5, 0.6) is 0 Å². The molecule has 2 rings (SSSR count). The summed E-state index contributed by atoms with van der Waals surface area (Å²) in [4.78, 5) is 2.49. The van der Waals surface area contributed by atoms with Crippen molar-refractivity contribution in [3.05, 3.63) is 34.3 Å². The fraction of sp³-hybridized carbons (Fsp3) is 0.647. The second-order valence-electron chi connectivity index (χ2n) is 6.54. The zero-order valence-corrected chi connectivity index (χ0v) is 14.5. The van der Waals surface area contributed by atoms with Gasteiger partial charge in [0.25, 0.3) is 0 Å². The van der Waals surface area contributed by atoms with Crippen molar-refractivity contribution in [2.45, 2.75) is 45.2 Å². The van der Waals surface area contributed by atoms with E-state index in [0.29, 0.717) is 5.92 Å². The third-order valence-electron chi connectivity index (χ3n) is 5.19. The molecular weight excluding hydrogens is 312 g/mol. The van der Waals surface area contributed by atoms with Crippen LogP contribution < -0.4 is 5.73 Å². The van der Waals surface area contributed by atoms with E-state index in [1.165, 1.54) is 29.3 Å². The van der Waals surface area contributed by atoms with E-state index in [1.54, 1.807) is 0 Å². The molecule has 112 valence electrons. The van der Waals surface area contributed by atoms with Gasteiger partial charge in [0.15, 0.2) is 0 Å². The molecule has 3 atom stereocenters. The molecule has 1 fully saturated rings. The van der Waals surface area contributed by atoms with Crippen LogP contribution >= 0.6 is 15.9 Å². The highest BCUT2D eigenvalue weighted by molar-refractivity contribution is 9.10. The zero-order valence-electron chi connectivity index (χ0n) is 12.9. The lowest BCUT2D eigenvalue weighted by atomic mass is 9.68. The molecule has 1 aromatic rings. The monoisotopic (exact) mass is 338 g/mol. The molecule has 1 aliphatic carbocycles. The number of halogens is 1. The average molecular weight is 339 g/mol. The maximum Gasteiger partial charge on any atom is 0.0360 e. The van der Waals surface area contributed by atoms with Crippen molar-refractivity contribution >= 4 is 15.9 Å². The van der Waals surface area contributed by atoms with Gasteiger partial charge in [-0.05, 0) is 43.4 Å². The molecule has 0 spiro atoms. The van der Waals surface area contributed by atoms with Gasteiger partial charge in [0.05, 0.1) is 0 Å². The standard InChI is InChI=1S/C17H27BrN2/c1-13-8-9-14(2)17(10-13,12-19)20(3)11-15-6-4-5-7-16(15)18/h4-7,13-14H,8-12,19H2,1-3H3. The smallest absolute Gasteiger partial charge is 0.0360 e. The first-order valence-electron chi connectivity index (χ1n) is 7.64. The molecule has 3 unspecified atom stereocenters. The highest BCUT2D eigenvalue weighted by Crippen LogP contribution is 2.40. The molecular formula is C17H27BrN2. The summed E-state index contributed by atoms with van der Waals surface area (Å²) in [6, 6.07) is 8.49. The number of nitrogens with two attached hydrogens (primary N) is 1. The van der Waals surface area contributed by atoms with Gasteiger partial charge >= 0.3 is 0 Å². The lowest BCUT2D eigenvalue weighted by Gasteiger charge is -2.50. The molecule has 0 radical (unpaired) electrons. The van der Waals surface area contributed by atoms with Crippen molar-refractivity contribution in [3.8, 4) is 0 Å². The van der Waals surface area contributed by atoms with Crippen LogP contribution in [-0.2, 0) is 6.54 Å². The molecule has 0 heterocycles. The molecule has 1 saturated carbocycles. The predicted octanol–water partition coefficient (Wildman–Crippen LogP) is 4.03. The third kappa shape index (κ3) is 3.10. The summed E-state index contributed by atoms with van der Waals surface area (Å²) in [6.45, 7) is 6.44. The van der Waals surface area contributed by atoms with E-state index in [4.69, 9.17) is 5.73 Å². The van der Waals surface area contributed by atoms with E-state index in [1.807, 2.05) is 0 Å². The summed E-state index contributed by atoms with van der Waals surface area (Å²) in [6.07, 6.45) is 3.84. The van der Waals surface area contributed by atoms with Gasteiger partial charge in [-0.25, -0.2) is 0 Å². The minimum Gasteiger partial charge on any atom is -0.329 e. The maximum absolute atomic E-state index is 6.23. The Morgan fingerprint density at radius 2 is 2.00 bits per heavy atom. The van der Waals surface area contributed by atoms with Gasteiger partial charge < -0.3 is 5.73 Å². The zero-order chi connectivity index (χ0) is 14.8. The Hall–Kier alpha value is -0.380. The van der Waals surface area contributed by atoms with Gasteiger partial charge in [-0.3, -0.25) is 4.90 Å². The summed E-state index contributed by atoms with van der Waals surface area (Å²) in [7, 11) is 2.24. The van der Waals surface area contributed by atoms with Gasteiger partial charge in [0.1, 0.15) is 0 Å². The highest BCUT2D eigenvalue weighted by atomic mass is 79.9. The van der Waals surface area contributed by atoms with Crippen molar-refractivity contribution in [2.24, 2.45) is 17.6 Å². The van der Waals surface area contributed by atoms with Crippen molar-refractivity contribution in [2.75, 3.05) is 13.6 Å². The summed E-state index contributed by atoms with van der Waals surface area (Å²) in [5.41, 5.74) is 7.72. The van der Waals surface area contributed by atoms with E-state index < -0.39 is 0 Å². The first kappa shape index (κ1) is 16.0. The number of benzene rings is 1. The molecule has 0 aliphatic heterocycles. The van der Waals surface area contributed by atoms with Crippen LogP contribution in [0.25, 0.3) is 0 Å². The Labute approximate surface area is 131 Å². The minimum atomic E-state index is 0.146. The quantitative estimate of drug-likeness (QED) is 0.897. The maximum atomic E-state index is 6.23. The summed E-state index contributed by atoms with van der Waals surface area (Å²) < 4.78 is 1.19. The van der Waals surface area contributed by atoms with Crippen molar-refractivity contribution in [1.82, 2.24) is 4.90 Å². The largest absolute Gasteiger partial charge is 0.329 e. The van der Waals surface area contributed by atoms with Gasteiger partial charge in [-0.2, -0.15) is 0 Å². The van der Waals surface area contributed by atoms with E-state index in [0.717, 1.165) is 19.0 Å². The summed E-state index contributed by atoms with van der Waals surface area (Å²) in [5, 5.41) is 0. The third-order valence-corrected chi connectivity index (χ3v) is 5.96. The number of likely N-dealkylation sites (N-methyl/N-ethyl adjacent to an activating group) is 1. The number of hydrogen-bond donors (Lipinski definition) is 1. The number of rotatable bonds is 4. The molecule has 0 saturated heterocycles. The van der Waals surface area contributed by atoms with Gasteiger partial charge in [0.2, 0.25) is 0 Å².